The summed E-state index contributed by atoms with van der Waals surface area (Å²) in [4.78, 5) is 0. The summed E-state index contributed by atoms with van der Waals surface area (Å²) in [6, 6.07) is 6.45. The number of methoxy groups -OCH3 is 1. The summed E-state index contributed by atoms with van der Waals surface area (Å²) in [5, 5.41) is 3.26. The molecular formula is C15H25NO2. The highest BCUT2D eigenvalue weighted by molar-refractivity contribution is 5.37. The van der Waals surface area contributed by atoms with Crippen LogP contribution in [0.2, 0.25) is 0 Å². The second-order valence-corrected chi connectivity index (χ2v) is 4.77. The maximum Gasteiger partial charge on any atom is 0.122 e. The normalized spacial score (nSPS) is 10.9. The van der Waals surface area contributed by atoms with Crippen molar-refractivity contribution in [2.75, 3.05) is 33.4 Å². The lowest BCUT2D eigenvalue weighted by Crippen LogP contribution is -2.24. The van der Waals surface area contributed by atoms with Crippen molar-refractivity contribution < 1.29 is 9.47 Å². The van der Waals surface area contributed by atoms with Gasteiger partial charge in [0.25, 0.3) is 0 Å². The van der Waals surface area contributed by atoms with E-state index in [0.717, 1.165) is 25.4 Å². The standard InChI is InChI=1S/C15H25NO2/c1-12(2)14-6-5-13(3)15(11-14)18-10-8-16-7-9-17-4/h5-6,11-12,16H,7-10H2,1-4H3. The molecule has 0 atom stereocenters. The minimum absolute atomic E-state index is 0.535. The third kappa shape index (κ3) is 5.07. The van der Waals surface area contributed by atoms with E-state index in [1.807, 2.05) is 0 Å². The first kappa shape index (κ1) is 15.0. The predicted molar refractivity (Wildman–Crippen MR) is 75.5 cm³/mol. The summed E-state index contributed by atoms with van der Waals surface area (Å²) in [5.74, 6) is 1.53. The maximum atomic E-state index is 5.80. The molecule has 0 saturated heterocycles. The van der Waals surface area contributed by atoms with Gasteiger partial charge in [0.1, 0.15) is 12.4 Å². The number of ether oxygens (including phenoxy) is 2. The van der Waals surface area contributed by atoms with Gasteiger partial charge in [0.2, 0.25) is 0 Å². The molecule has 3 heteroatoms. The van der Waals surface area contributed by atoms with Gasteiger partial charge in [-0.2, -0.15) is 0 Å². The van der Waals surface area contributed by atoms with E-state index >= 15 is 0 Å². The highest BCUT2D eigenvalue weighted by atomic mass is 16.5. The molecule has 18 heavy (non-hydrogen) atoms. The Kier molecular flexibility index (Phi) is 6.76. The lowest BCUT2D eigenvalue weighted by molar-refractivity contribution is 0.196. The Morgan fingerprint density at radius 3 is 2.56 bits per heavy atom. The summed E-state index contributed by atoms with van der Waals surface area (Å²) in [7, 11) is 1.71. The van der Waals surface area contributed by atoms with E-state index in [9.17, 15) is 0 Å². The topological polar surface area (TPSA) is 30.5 Å². The summed E-state index contributed by atoms with van der Waals surface area (Å²) < 4.78 is 10.8. The van der Waals surface area contributed by atoms with Gasteiger partial charge in [-0.15, -0.1) is 0 Å². The van der Waals surface area contributed by atoms with Crippen LogP contribution in [-0.2, 0) is 4.74 Å². The molecule has 0 spiro atoms. The molecule has 1 aromatic carbocycles. The van der Waals surface area contributed by atoms with Crippen LogP contribution in [0.5, 0.6) is 5.75 Å². The summed E-state index contributed by atoms with van der Waals surface area (Å²) >= 11 is 0. The molecule has 0 aliphatic heterocycles. The predicted octanol–water partition coefficient (Wildman–Crippen LogP) is 2.73. The average molecular weight is 251 g/mol. The lowest BCUT2D eigenvalue weighted by atomic mass is 10.0. The third-order valence-electron chi connectivity index (χ3n) is 2.90. The van der Waals surface area contributed by atoms with E-state index in [1.54, 1.807) is 7.11 Å². The van der Waals surface area contributed by atoms with Crippen molar-refractivity contribution >= 4 is 0 Å². The Morgan fingerprint density at radius 2 is 1.89 bits per heavy atom. The highest BCUT2D eigenvalue weighted by Crippen LogP contribution is 2.24. The Bertz CT molecular complexity index is 350. The quantitative estimate of drug-likeness (QED) is 0.721. The molecule has 1 aromatic rings. The fraction of sp³-hybridized carbons (Fsp3) is 0.600. The van der Waals surface area contributed by atoms with Gasteiger partial charge in [0, 0.05) is 20.2 Å². The molecule has 0 bridgehead atoms. The first-order valence-electron chi connectivity index (χ1n) is 6.58. The molecule has 102 valence electrons. The average Bonchev–Trinajstić information content (AvgIpc) is 2.35. The molecule has 0 aromatic heterocycles. The van der Waals surface area contributed by atoms with Gasteiger partial charge in [-0.05, 0) is 30.0 Å². The molecule has 1 rings (SSSR count). The third-order valence-corrected chi connectivity index (χ3v) is 2.90. The van der Waals surface area contributed by atoms with Gasteiger partial charge in [-0.3, -0.25) is 0 Å². The Balaban J connectivity index is 2.39. The Labute approximate surface area is 110 Å². The van der Waals surface area contributed by atoms with Crippen LogP contribution >= 0.6 is 0 Å². The van der Waals surface area contributed by atoms with Crippen molar-refractivity contribution in [3.8, 4) is 5.75 Å². The van der Waals surface area contributed by atoms with E-state index in [-0.39, 0.29) is 0 Å². The minimum Gasteiger partial charge on any atom is -0.492 e. The van der Waals surface area contributed by atoms with Crippen LogP contribution in [0.15, 0.2) is 18.2 Å². The van der Waals surface area contributed by atoms with Crippen LogP contribution in [0.3, 0.4) is 0 Å². The summed E-state index contributed by atoms with van der Waals surface area (Å²) in [6.07, 6.45) is 0. The van der Waals surface area contributed by atoms with Gasteiger partial charge < -0.3 is 14.8 Å². The molecule has 0 unspecified atom stereocenters. The van der Waals surface area contributed by atoms with Gasteiger partial charge in [-0.1, -0.05) is 26.0 Å². The number of benzene rings is 1. The molecular weight excluding hydrogens is 226 g/mol. The number of hydrogen-bond acceptors (Lipinski definition) is 3. The van der Waals surface area contributed by atoms with Crippen LogP contribution in [0.4, 0.5) is 0 Å². The zero-order valence-electron chi connectivity index (χ0n) is 12.0. The fourth-order valence-corrected chi connectivity index (χ4v) is 1.66. The number of nitrogens with one attached hydrogen (secondary N) is 1. The van der Waals surface area contributed by atoms with Crippen LogP contribution in [0, 0.1) is 6.92 Å². The van der Waals surface area contributed by atoms with Gasteiger partial charge in [0.15, 0.2) is 0 Å². The molecule has 3 nitrogen and oxygen atoms in total. The summed E-state index contributed by atoms with van der Waals surface area (Å²) in [5.41, 5.74) is 2.51. The molecule has 0 fully saturated rings. The van der Waals surface area contributed by atoms with Gasteiger partial charge >= 0.3 is 0 Å². The monoisotopic (exact) mass is 251 g/mol. The van der Waals surface area contributed by atoms with Crippen molar-refractivity contribution in [2.45, 2.75) is 26.7 Å². The second kappa shape index (κ2) is 8.11. The summed E-state index contributed by atoms with van der Waals surface area (Å²) in [6.45, 7) is 9.60. The Morgan fingerprint density at radius 1 is 1.17 bits per heavy atom. The van der Waals surface area contributed by atoms with Gasteiger partial charge in [0.05, 0.1) is 6.61 Å². The van der Waals surface area contributed by atoms with Crippen molar-refractivity contribution in [1.82, 2.24) is 5.32 Å². The van der Waals surface area contributed by atoms with E-state index in [4.69, 9.17) is 9.47 Å². The zero-order chi connectivity index (χ0) is 13.4. The SMILES string of the molecule is COCCNCCOc1cc(C(C)C)ccc1C. The van der Waals surface area contributed by atoms with Crippen LogP contribution in [0.25, 0.3) is 0 Å². The Hall–Kier alpha value is -1.06. The lowest BCUT2D eigenvalue weighted by Gasteiger charge is -2.13. The van der Waals surface area contributed by atoms with E-state index in [1.165, 1.54) is 11.1 Å². The molecule has 0 saturated carbocycles. The smallest absolute Gasteiger partial charge is 0.122 e. The van der Waals surface area contributed by atoms with Crippen LogP contribution in [0.1, 0.15) is 30.9 Å². The number of rotatable bonds is 8. The van der Waals surface area contributed by atoms with E-state index in [2.05, 4.69) is 44.3 Å². The zero-order valence-corrected chi connectivity index (χ0v) is 12.0. The molecule has 0 amide bonds. The van der Waals surface area contributed by atoms with Crippen molar-refractivity contribution in [3.05, 3.63) is 29.3 Å². The van der Waals surface area contributed by atoms with Crippen molar-refractivity contribution in [1.29, 1.82) is 0 Å². The van der Waals surface area contributed by atoms with Crippen LogP contribution < -0.4 is 10.1 Å². The highest BCUT2D eigenvalue weighted by Gasteiger charge is 2.04. The minimum atomic E-state index is 0.535. The molecule has 0 heterocycles. The van der Waals surface area contributed by atoms with E-state index < -0.39 is 0 Å². The molecule has 0 radical (unpaired) electrons. The van der Waals surface area contributed by atoms with Crippen molar-refractivity contribution in [2.24, 2.45) is 0 Å². The largest absolute Gasteiger partial charge is 0.492 e. The van der Waals surface area contributed by atoms with Gasteiger partial charge in [-0.25, -0.2) is 0 Å². The second-order valence-electron chi connectivity index (χ2n) is 4.77. The van der Waals surface area contributed by atoms with Crippen LogP contribution in [-0.4, -0.2) is 33.4 Å². The number of hydrogen-bond donors (Lipinski definition) is 1. The molecule has 0 aliphatic carbocycles. The fourth-order valence-electron chi connectivity index (χ4n) is 1.66. The van der Waals surface area contributed by atoms with Crippen molar-refractivity contribution in [3.63, 3.8) is 0 Å². The van der Waals surface area contributed by atoms with E-state index in [0.29, 0.717) is 12.5 Å². The molecule has 1 N–H and O–H groups in total. The molecule has 0 aliphatic rings. The number of aryl methyl sites for hydroxylation is 1. The first-order valence-corrected chi connectivity index (χ1v) is 6.58. The first-order chi connectivity index (χ1) is 8.65. The maximum absolute atomic E-state index is 5.80.